The minimum Gasteiger partial charge on any atom is -0.353 e. The van der Waals surface area contributed by atoms with Crippen LogP contribution < -0.4 is 5.32 Å². The van der Waals surface area contributed by atoms with E-state index in [1.165, 1.54) is 5.56 Å². The van der Waals surface area contributed by atoms with Crippen molar-refractivity contribution in [3.8, 4) is 11.1 Å². The van der Waals surface area contributed by atoms with Crippen LogP contribution in [0.2, 0.25) is 0 Å². The number of aromatic nitrogens is 1. The molecule has 1 aliphatic rings. The Balaban J connectivity index is 1.61. The highest BCUT2D eigenvalue weighted by Crippen LogP contribution is 2.36. The first kappa shape index (κ1) is 22.7. The number of nitrogens with one attached hydrogen (secondary N) is 1. The first-order valence-electron chi connectivity index (χ1n) is 11.5. The molecule has 1 fully saturated rings. The van der Waals surface area contributed by atoms with E-state index < -0.39 is 5.41 Å². The normalized spacial score (nSPS) is 17.9. The van der Waals surface area contributed by atoms with Crippen molar-refractivity contribution in [2.75, 3.05) is 13.1 Å². The second-order valence-corrected chi connectivity index (χ2v) is 9.36. The van der Waals surface area contributed by atoms with Gasteiger partial charge in [0.15, 0.2) is 0 Å². The summed E-state index contributed by atoms with van der Waals surface area (Å²) in [7, 11) is 0. The maximum Gasteiger partial charge on any atom is 0.253 e. The van der Waals surface area contributed by atoms with E-state index in [1.807, 2.05) is 19.9 Å². The molecule has 0 spiro atoms. The van der Waals surface area contributed by atoms with Crippen LogP contribution in [0.1, 0.15) is 41.8 Å². The predicted molar refractivity (Wildman–Crippen MR) is 131 cm³/mol. The van der Waals surface area contributed by atoms with E-state index in [2.05, 4.69) is 59.7 Å². The molecule has 2 aromatic carbocycles. The van der Waals surface area contributed by atoms with Crippen molar-refractivity contribution >= 4 is 11.8 Å². The van der Waals surface area contributed by atoms with Crippen LogP contribution in [0.3, 0.4) is 0 Å². The van der Waals surface area contributed by atoms with Gasteiger partial charge < -0.3 is 10.2 Å². The molecule has 1 unspecified atom stereocenters. The monoisotopic (exact) mass is 441 g/mol. The molecule has 0 bridgehead atoms. The zero-order valence-corrected chi connectivity index (χ0v) is 19.5. The van der Waals surface area contributed by atoms with Crippen molar-refractivity contribution in [2.45, 2.75) is 39.7 Å². The third kappa shape index (κ3) is 5.14. The number of aryl methyl sites for hydroxylation is 1. The summed E-state index contributed by atoms with van der Waals surface area (Å²) >= 11 is 0. The summed E-state index contributed by atoms with van der Waals surface area (Å²) in [5.74, 6) is -0.0340. The van der Waals surface area contributed by atoms with E-state index >= 15 is 0 Å². The lowest BCUT2D eigenvalue weighted by Gasteiger charge is -2.29. The number of nitrogens with zero attached hydrogens (tertiary/aromatic N) is 2. The van der Waals surface area contributed by atoms with Gasteiger partial charge in [-0.1, -0.05) is 54.1 Å². The minimum atomic E-state index is -0.654. The van der Waals surface area contributed by atoms with Gasteiger partial charge in [0.2, 0.25) is 5.91 Å². The molecule has 1 saturated heterocycles. The number of amides is 2. The Bertz CT molecular complexity index is 1130. The fourth-order valence-corrected chi connectivity index (χ4v) is 4.55. The van der Waals surface area contributed by atoms with Crippen molar-refractivity contribution in [2.24, 2.45) is 5.41 Å². The molecule has 1 N–H and O–H groups in total. The molecular weight excluding hydrogens is 410 g/mol. The topological polar surface area (TPSA) is 62.3 Å². The average molecular weight is 442 g/mol. The van der Waals surface area contributed by atoms with Gasteiger partial charge >= 0.3 is 0 Å². The largest absolute Gasteiger partial charge is 0.353 e. The van der Waals surface area contributed by atoms with Crippen LogP contribution in [-0.4, -0.2) is 40.8 Å². The van der Waals surface area contributed by atoms with Crippen LogP contribution in [0.15, 0.2) is 73.1 Å². The second-order valence-electron chi connectivity index (χ2n) is 9.36. The van der Waals surface area contributed by atoms with Gasteiger partial charge in [0.05, 0.1) is 5.41 Å². The second kappa shape index (κ2) is 9.57. The summed E-state index contributed by atoms with van der Waals surface area (Å²) in [6, 6.07) is 20.4. The third-order valence-corrected chi connectivity index (χ3v) is 6.32. The SMILES string of the molecule is Cc1ccc(-c2cccc(CC3(C(=O)NC(C)C)CCN(C(=O)c4ccncc4)C3)c2)cc1. The summed E-state index contributed by atoms with van der Waals surface area (Å²) in [5.41, 5.74) is 4.57. The molecule has 5 nitrogen and oxygen atoms in total. The minimum absolute atomic E-state index is 0.0169. The van der Waals surface area contributed by atoms with Crippen LogP contribution >= 0.6 is 0 Å². The highest BCUT2D eigenvalue weighted by molar-refractivity contribution is 5.95. The maximum absolute atomic E-state index is 13.4. The molecular formula is C28H31N3O2. The Kier molecular flexibility index (Phi) is 6.59. The predicted octanol–water partition coefficient (Wildman–Crippen LogP) is 4.66. The first-order chi connectivity index (χ1) is 15.9. The molecule has 1 aliphatic heterocycles. The van der Waals surface area contributed by atoms with Crippen molar-refractivity contribution in [3.05, 3.63) is 89.7 Å². The molecule has 2 amide bonds. The molecule has 2 heterocycles. The molecule has 0 radical (unpaired) electrons. The lowest BCUT2D eigenvalue weighted by molar-refractivity contribution is -0.130. The van der Waals surface area contributed by atoms with E-state index in [0.717, 1.165) is 16.7 Å². The van der Waals surface area contributed by atoms with Crippen molar-refractivity contribution in [3.63, 3.8) is 0 Å². The van der Waals surface area contributed by atoms with Gasteiger partial charge in [-0.2, -0.15) is 0 Å². The van der Waals surface area contributed by atoms with Crippen LogP contribution in [0.5, 0.6) is 0 Å². The highest BCUT2D eigenvalue weighted by atomic mass is 16.2. The Hall–Kier alpha value is -3.47. The van der Waals surface area contributed by atoms with E-state index in [0.29, 0.717) is 31.5 Å². The number of benzene rings is 2. The molecule has 0 aliphatic carbocycles. The molecule has 0 saturated carbocycles. The number of rotatable bonds is 6. The zero-order valence-electron chi connectivity index (χ0n) is 19.5. The van der Waals surface area contributed by atoms with Gasteiger partial charge in [-0.15, -0.1) is 0 Å². The number of hydrogen-bond acceptors (Lipinski definition) is 3. The van der Waals surface area contributed by atoms with Gasteiger partial charge in [0.1, 0.15) is 0 Å². The summed E-state index contributed by atoms with van der Waals surface area (Å²) in [6.07, 6.45) is 4.47. The van der Waals surface area contributed by atoms with Crippen LogP contribution in [-0.2, 0) is 11.2 Å². The highest BCUT2D eigenvalue weighted by Gasteiger charge is 2.46. The van der Waals surface area contributed by atoms with Crippen LogP contribution in [0, 0.1) is 12.3 Å². The van der Waals surface area contributed by atoms with E-state index in [1.54, 1.807) is 29.4 Å². The molecule has 3 aromatic rings. The molecule has 4 rings (SSSR count). The number of likely N-dealkylation sites (tertiary alicyclic amines) is 1. The van der Waals surface area contributed by atoms with Gasteiger partial charge in [-0.25, -0.2) is 0 Å². The first-order valence-corrected chi connectivity index (χ1v) is 11.5. The van der Waals surface area contributed by atoms with Gasteiger partial charge in [-0.05, 0) is 62.4 Å². The molecule has 170 valence electrons. The third-order valence-electron chi connectivity index (χ3n) is 6.32. The quantitative estimate of drug-likeness (QED) is 0.605. The Labute approximate surface area is 195 Å². The maximum atomic E-state index is 13.4. The summed E-state index contributed by atoms with van der Waals surface area (Å²) in [6.45, 7) is 6.99. The van der Waals surface area contributed by atoms with Gasteiger partial charge in [0, 0.05) is 37.1 Å². The summed E-state index contributed by atoms with van der Waals surface area (Å²) < 4.78 is 0. The summed E-state index contributed by atoms with van der Waals surface area (Å²) in [5, 5.41) is 3.11. The molecule has 33 heavy (non-hydrogen) atoms. The van der Waals surface area contributed by atoms with Crippen molar-refractivity contribution in [1.29, 1.82) is 0 Å². The molecule has 5 heteroatoms. The molecule has 1 atom stereocenters. The Morgan fingerprint density at radius 1 is 1.03 bits per heavy atom. The number of hydrogen-bond donors (Lipinski definition) is 1. The van der Waals surface area contributed by atoms with Gasteiger partial charge in [0.25, 0.3) is 5.91 Å². The lowest BCUT2D eigenvalue weighted by Crippen LogP contribution is -2.47. The fourth-order valence-electron chi connectivity index (χ4n) is 4.55. The van der Waals surface area contributed by atoms with Gasteiger partial charge in [-0.3, -0.25) is 14.6 Å². The van der Waals surface area contributed by atoms with E-state index in [-0.39, 0.29) is 17.9 Å². The molecule has 1 aromatic heterocycles. The van der Waals surface area contributed by atoms with E-state index in [9.17, 15) is 9.59 Å². The Morgan fingerprint density at radius 2 is 1.76 bits per heavy atom. The van der Waals surface area contributed by atoms with Crippen LogP contribution in [0.25, 0.3) is 11.1 Å². The fraction of sp³-hybridized carbons (Fsp3) is 0.321. The number of pyridine rings is 1. The smallest absolute Gasteiger partial charge is 0.253 e. The number of carbonyl (C=O) groups is 2. The lowest BCUT2D eigenvalue weighted by atomic mass is 9.79. The number of carbonyl (C=O) groups excluding carboxylic acids is 2. The van der Waals surface area contributed by atoms with Crippen LogP contribution in [0.4, 0.5) is 0 Å². The zero-order chi connectivity index (χ0) is 23.4. The van der Waals surface area contributed by atoms with Crippen molar-refractivity contribution < 1.29 is 9.59 Å². The Morgan fingerprint density at radius 3 is 2.45 bits per heavy atom. The summed E-state index contributed by atoms with van der Waals surface area (Å²) in [4.78, 5) is 32.3. The van der Waals surface area contributed by atoms with E-state index in [4.69, 9.17) is 0 Å². The standard InChI is InChI=1S/C28H31N3O2/c1-20(2)30-27(33)28(13-16-31(19-28)26(32)24-11-14-29-15-12-24)18-22-5-4-6-25(17-22)23-9-7-21(3)8-10-23/h4-12,14-15,17,20H,13,16,18-19H2,1-3H3,(H,30,33). The average Bonchev–Trinajstić information content (AvgIpc) is 3.25. The van der Waals surface area contributed by atoms with Crippen molar-refractivity contribution in [1.82, 2.24) is 15.2 Å².